The van der Waals surface area contributed by atoms with Crippen LogP contribution in [0, 0.1) is 12.8 Å². The first-order chi connectivity index (χ1) is 14.3. The summed E-state index contributed by atoms with van der Waals surface area (Å²) in [4.78, 5) is 32.1. The first-order valence-electron chi connectivity index (χ1n) is 9.06. The van der Waals surface area contributed by atoms with Crippen molar-refractivity contribution >= 4 is 17.8 Å². The second kappa shape index (κ2) is 8.16. The number of benzene rings is 1. The molecule has 0 aliphatic heterocycles. The largest absolute Gasteiger partial charge is 0.416 e. The first kappa shape index (κ1) is 22.5. The molecule has 0 radical (unpaired) electrons. The second-order valence-corrected chi connectivity index (χ2v) is 7.08. The predicted octanol–water partition coefficient (Wildman–Crippen LogP) is 4.10. The normalized spacial score (nSPS) is 14.3. The van der Waals surface area contributed by atoms with E-state index in [1.54, 1.807) is 0 Å². The lowest BCUT2D eigenvalue weighted by molar-refractivity contribution is -0.143. The minimum Gasteiger partial charge on any atom is -0.347 e. The van der Waals surface area contributed by atoms with Crippen LogP contribution >= 0.6 is 0 Å². The van der Waals surface area contributed by atoms with Gasteiger partial charge in [-0.25, -0.2) is 9.97 Å². The van der Waals surface area contributed by atoms with Gasteiger partial charge in [-0.3, -0.25) is 14.9 Å². The van der Waals surface area contributed by atoms with Gasteiger partial charge in [-0.15, -0.1) is 0 Å². The third kappa shape index (κ3) is 5.92. The minimum atomic E-state index is -4.99. The van der Waals surface area contributed by atoms with E-state index in [0.717, 1.165) is 12.8 Å². The topological polar surface area (TPSA) is 84.0 Å². The monoisotopic (exact) mass is 446 g/mol. The van der Waals surface area contributed by atoms with Gasteiger partial charge in [0, 0.05) is 18.2 Å². The van der Waals surface area contributed by atoms with Gasteiger partial charge in [0.2, 0.25) is 11.9 Å². The summed E-state index contributed by atoms with van der Waals surface area (Å²) >= 11 is 0. The van der Waals surface area contributed by atoms with Gasteiger partial charge in [0.1, 0.15) is 5.69 Å². The van der Waals surface area contributed by atoms with E-state index in [2.05, 4.69) is 20.6 Å². The minimum absolute atomic E-state index is 0.00786. The number of nitrogens with zero attached hydrogens (tertiary/aromatic N) is 2. The molecular weight excluding hydrogens is 430 g/mol. The third-order valence-corrected chi connectivity index (χ3v) is 4.37. The van der Waals surface area contributed by atoms with Crippen molar-refractivity contribution in [1.82, 2.24) is 15.3 Å². The van der Waals surface area contributed by atoms with Crippen molar-refractivity contribution in [3.63, 3.8) is 0 Å². The van der Waals surface area contributed by atoms with Crippen LogP contribution < -0.4 is 10.6 Å². The highest BCUT2D eigenvalue weighted by molar-refractivity contribution is 5.95. The van der Waals surface area contributed by atoms with Crippen LogP contribution in [-0.4, -0.2) is 21.8 Å². The third-order valence-electron chi connectivity index (χ3n) is 4.37. The maximum absolute atomic E-state index is 12.9. The van der Waals surface area contributed by atoms with Crippen LogP contribution in [0.3, 0.4) is 0 Å². The number of rotatable bonds is 5. The predicted molar refractivity (Wildman–Crippen MR) is 95.7 cm³/mol. The summed E-state index contributed by atoms with van der Waals surface area (Å²) in [7, 11) is 0. The molecule has 0 bridgehead atoms. The maximum atomic E-state index is 12.9. The number of anilines is 1. The molecule has 2 amide bonds. The molecule has 0 atom stereocenters. The zero-order chi connectivity index (χ0) is 23.0. The van der Waals surface area contributed by atoms with Crippen molar-refractivity contribution in [2.45, 2.75) is 38.7 Å². The van der Waals surface area contributed by atoms with E-state index >= 15 is 0 Å². The van der Waals surface area contributed by atoms with Crippen molar-refractivity contribution in [1.29, 1.82) is 0 Å². The number of nitrogens with one attached hydrogen (secondary N) is 2. The second-order valence-electron chi connectivity index (χ2n) is 7.08. The summed E-state index contributed by atoms with van der Waals surface area (Å²) in [6, 6.07) is 2.34. The molecule has 6 nitrogen and oxygen atoms in total. The fraction of sp³-hybridized carbons (Fsp3) is 0.368. The molecule has 1 aromatic heterocycles. The fourth-order valence-electron chi connectivity index (χ4n) is 2.69. The van der Waals surface area contributed by atoms with Gasteiger partial charge < -0.3 is 5.32 Å². The zero-order valence-corrected chi connectivity index (χ0v) is 16.0. The number of aryl methyl sites for hydroxylation is 1. The summed E-state index contributed by atoms with van der Waals surface area (Å²) in [6.07, 6.45) is -8.50. The van der Waals surface area contributed by atoms with E-state index in [9.17, 15) is 35.9 Å². The van der Waals surface area contributed by atoms with Crippen molar-refractivity contribution in [2.75, 3.05) is 5.32 Å². The molecule has 0 unspecified atom stereocenters. The molecule has 0 spiro atoms. The van der Waals surface area contributed by atoms with Crippen LogP contribution in [0.15, 0.2) is 24.3 Å². The van der Waals surface area contributed by atoms with Crippen molar-refractivity contribution in [3.05, 3.63) is 52.3 Å². The quantitative estimate of drug-likeness (QED) is 0.678. The number of amides is 2. The van der Waals surface area contributed by atoms with Crippen LogP contribution in [0.5, 0.6) is 0 Å². The Kier molecular flexibility index (Phi) is 5.92. The molecule has 1 aliphatic rings. The highest BCUT2D eigenvalue weighted by Gasteiger charge is 2.37. The lowest BCUT2D eigenvalue weighted by Gasteiger charge is -2.14. The van der Waals surface area contributed by atoms with E-state index in [-0.39, 0.29) is 35.1 Å². The number of carbonyl (C=O) groups is 2. The van der Waals surface area contributed by atoms with E-state index in [1.807, 2.05) is 0 Å². The Morgan fingerprint density at radius 2 is 1.55 bits per heavy atom. The van der Waals surface area contributed by atoms with Gasteiger partial charge in [-0.1, -0.05) is 0 Å². The lowest BCUT2D eigenvalue weighted by Crippen LogP contribution is -2.26. The highest BCUT2D eigenvalue weighted by atomic mass is 19.4. The van der Waals surface area contributed by atoms with E-state index < -0.39 is 35.9 Å². The average molecular weight is 446 g/mol. The lowest BCUT2D eigenvalue weighted by atomic mass is 10.0. The highest BCUT2D eigenvalue weighted by Crippen LogP contribution is 2.36. The van der Waals surface area contributed by atoms with Gasteiger partial charge >= 0.3 is 12.4 Å². The molecule has 1 aromatic carbocycles. The van der Waals surface area contributed by atoms with Crippen LogP contribution in [-0.2, 0) is 23.7 Å². The summed E-state index contributed by atoms with van der Waals surface area (Å²) in [5.74, 6) is -1.38. The van der Waals surface area contributed by atoms with Gasteiger partial charge in [0.25, 0.3) is 5.91 Å². The molecule has 1 aliphatic carbocycles. The first-order valence-corrected chi connectivity index (χ1v) is 9.06. The van der Waals surface area contributed by atoms with Crippen LogP contribution in [0.25, 0.3) is 0 Å². The summed E-state index contributed by atoms with van der Waals surface area (Å²) in [5.41, 5.74) is -3.20. The summed E-state index contributed by atoms with van der Waals surface area (Å²) < 4.78 is 77.7. The number of hydrogen-bond donors (Lipinski definition) is 2. The Balaban J connectivity index is 1.77. The van der Waals surface area contributed by atoms with Crippen molar-refractivity contribution in [2.24, 2.45) is 5.92 Å². The summed E-state index contributed by atoms with van der Waals surface area (Å²) in [5, 5.41) is 4.71. The number of aromatic nitrogens is 2. The van der Waals surface area contributed by atoms with Gasteiger partial charge in [-0.2, -0.15) is 26.3 Å². The molecule has 12 heteroatoms. The van der Waals surface area contributed by atoms with Crippen molar-refractivity contribution in [3.8, 4) is 0 Å². The Morgan fingerprint density at radius 1 is 0.968 bits per heavy atom. The number of halogens is 6. The molecule has 3 rings (SSSR count). The Morgan fingerprint density at radius 3 is 2.06 bits per heavy atom. The van der Waals surface area contributed by atoms with E-state index in [0.29, 0.717) is 17.8 Å². The van der Waals surface area contributed by atoms with Crippen LogP contribution in [0.4, 0.5) is 32.3 Å². The van der Waals surface area contributed by atoms with Crippen LogP contribution in [0.1, 0.15) is 45.7 Å². The smallest absolute Gasteiger partial charge is 0.347 e. The average Bonchev–Trinajstić information content (AvgIpc) is 3.49. The Hall–Kier alpha value is -3.18. The van der Waals surface area contributed by atoms with E-state index in [1.165, 1.54) is 13.0 Å². The maximum Gasteiger partial charge on any atom is 0.416 e. The van der Waals surface area contributed by atoms with Gasteiger partial charge in [-0.05, 0) is 49.6 Å². The molecule has 1 fully saturated rings. The SMILES string of the molecule is Cc1cc(C(=O)NCc2cc(C(F)(F)F)cc(C(F)(F)F)c2)nc(NC(=O)C2CC2)n1. The van der Waals surface area contributed by atoms with Crippen molar-refractivity contribution < 1.29 is 35.9 Å². The van der Waals surface area contributed by atoms with Crippen LogP contribution in [0.2, 0.25) is 0 Å². The molecule has 1 heterocycles. The molecule has 1 saturated carbocycles. The standard InChI is InChI=1S/C19H16F6N4O2/c1-9-4-14(28-17(27-9)29-15(30)11-2-3-11)16(31)26-8-10-5-12(18(20,21)22)7-13(6-10)19(23,24)25/h4-7,11H,2-3,8H2,1H3,(H,26,31)(H,27,28,29,30). The van der Waals surface area contributed by atoms with E-state index in [4.69, 9.17) is 0 Å². The van der Waals surface area contributed by atoms with Gasteiger partial charge in [0.05, 0.1) is 11.1 Å². The molecule has 2 N–H and O–H groups in total. The Labute approximate surface area is 172 Å². The molecular formula is C19H16F6N4O2. The summed E-state index contributed by atoms with van der Waals surface area (Å²) in [6.45, 7) is 0.937. The number of alkyl halides is 6. The number of carbonyl (C=O) groups excluding carboxylic acids is 2. The molecule has 2 aromatic rings. The molecule has 31 heavy (non-hydrogen) atoms. The molecule has 0 saturated heterocycles. The Bertz CT molecular complexity index is 983. The van der Waals surface area contributed by atoms with Gasteiger partial charge in [0.15, 0.2) is 0 Å². The molecule has 166 valence electrons. The number of hydrogen-bond acceptors (Lipinski definition) is 4. The fourth-order valence-corrected chi connectivity index (χ4v) is 2.69. The zero-order valence-electron chi connectivity index (χ0n) is 16.0.